The van der Waals surface area contributed by atoms with Crippen LogP contribution in [0.15, 0.2) is 4.79 Å². The molecule has 0 unspecified atom stereocenters. The van der Waals surface area contributed by atoms with Crippen LogP contribution in [-0.2, 0) is 19.4 Å². The number of rotatable bonds is 5. The minimum atomic E-state index is 0.100. The highest BCUT2D eigenvalue weighted by atomic mass is 32.1. The Bertz CT molecular complexity index is 745. The lowest BCUT2D eigenvalue weighted by atomic mass is 10.2. The lowest BCUT2D eigenvalue weighted by molar-refractivity contribution is 0.291. The highest BCUT2D eigenvalue weighted by Gasteiger charge is 2.30. The van der Waals surface area contributed by atoms with Crippen molar-refractivity contribution in [3.63, 3.8) is 0 Å². The van der Waals surface area contributed by atoms with Crippen LogP contribution in [0.5, 0.6) is 0 Å². The van der Waals surface area contributed by atoms with E-state index in [4.69, 9.17) is 10.1 Å². The largest absolute Gasteiger partial charge is 0.395 e. The van der Waals surface area contributed by atoms with Gasteiger partial charge in [-0.25, -0.2) is 4.98 Å². The zero-order valence-corrected chi connectivity index (χ0v) is 12.7. The third-order valence-corrected chi connectivity index (χ3v) is 5.51. The second-order valence-electron chi connectivity index (χ2n) is 5.87. The van der Waals surface area contributed by atoms with Crippen molar-refractivity contribution in [3.8, 4) is 0 Å². The molecule has 2 aromatic rings. The summed E-state index contributed by atoms with van der Waals surface area (Å²) < 4.78 is 1.90. The van der Waals surface area contributed by atoms with Gasteiger partial charge in [0.2, 0.25) is 0 Å². The number of aryl methyl sites for hydroxylation is 2. The second kappa shape index (κ2) is 5.19. The summed E-state index contributed by atoms with van der Waals surface area (Å²) >= 11 is 1.69. The van der Waals surface area contributed by atoms with Gasteiger partial charge in [0, 0.05) is 17.5 Å². The quantitative estimate of drug-likeness (QED) is 0.819. The summed E-state index contributed by atoms with van der Waals surface area (Å²) in [5.41, 5.74) is 1.42. The van der Waals surface area contributed by atoms with Gasteiger partial charge in [-0.15, -0.1) is 11.3 Å². The molecule has 2 aromatic heterocycles. The van der Waals surface area contributed by atoms with Crippen molar-refractivity contribution in [1.29, 1.82) is 0 Å². The van der Waals surface area contributed by atoms with Crippen LogP contribution in [-0.4, -0.2) is 27.8 Å². The highest BCUT2D eigenvalue weighted by molar-refractivity contribution is 7.18. The zero-order chi connectivity index (χ0) is 14.4. The fourth-order valence-electron chi connectivity index (χ4n) is 3.21. The number of aromatic nitrogens is 2. The predicted molar refractivity (Wildman–Crippen MR) is 83.0 cm³/mol. The fourth-order valence-corrected chi connectivity index (χ4v) is 4.48. The first-order valence-corrected chi connectivity index (χ1v) is 8.48. The molecule has 6 heteroatoms. The number of hydrogen-bond donors (Lipinski definition) is 2. The summed E-state index contributed by atoms with van der Waals surface area (Å²) in [7, 11) is 0. The molecule has 5 nitrogen and oxygen atoms in total. The lowest BCUT2D eigenvalue weighted by Crippen LogP contribution is -2.29. The van der Waals surface area contributed by atoms with Crippen LogP contribution in [0.4, 0.5) is 0 Å². The normalized spacial score (nSPS) is 17.6. The SMILES string of the molecule is O=c1c2c3c(sc2nc(CNCCO)n1C1CC1)CCC3. The van der Waals surface area contributed by atoms with E-state index in [0.717, 1.165) is 41.7 Å². The Morgan fingerprint density at radius 3 is 3.00 bits per heavy atom. The molecule has 0 radical (unpaired) electrons. The lowest BCUT2D eigenvalue weighted by Gasteiger charge is -2.12. The van der Waals surface area contributed by atoms with E-state index in [9.17, 15) is 4.79 Å². The molecule has 4 rings (SSSR count). The Morgan fingerprint density at radius 2 is 2.24 bits per heavy atom. The molecule has 0 amide bonds. The second-order valence-corrected chi connectivity index (χ2v) is 6.96. The molecule has 2 heterocycles. The van der Waals surface area contributed by atoms with Crippen LogP contribution in [0.2, 0.25) is 0 Å². The van der Waals surface area contributed by atoms with Gasteiger partial charge in [-0.05, 0) is 37.7 Å². The Balaban J connectivity index is 1.85. The van der Waals surface area contributed by atoms with Crippen LogP contribution in [0.1, 0.15) is 41.6 Å². The number of nitrogens with zero attached hydrogens (tertiary/aromatic N) is 2. The Hall–Kier alpha value is -1.24. The number of aliphatic hydroxyl groups is 1. The molecule has 1 saturated carbocycles. The van der Waals surface area contributed by atoms with Gasteiger partial charge in [-0.2, -0.15) is 0 Å². The Labute approximate surface area is 126 Å². The van der Waals surface area contributed by atoms with E-state index in [1.807, 2.05) is 4.57 Å². The van der Waals surface area contributed by atoms with Gasteiger partial charge in [-0.1, -0.05) is 0 Å². The average molecular weight is 305 g/mol. The van der Waals surface area contributed by atoms with E-state index in [1.165, 1.54) is 16.9 Å². The van der Waals surface area contributed by atoms with Crippen molar-refractivity contribution in [1.82, 2.24) is 14.9 Å². The molecular weight excluding hydrogens is 286 g/mol. The maximum Gasteiger partial charge on any atom is 0.262 e. The van der Waals surface area contributed by atoms with Gasteiger partial charge >= 0.3 is 0 Å². The van der Waals surface area contributed by atoms with E-state index in [2.05, 4.69) is 5.32 Å². The Kier molecular flexibility index (Phi) is 3.32. The molecule has 0 aliphatic heterocycles. The smallest absolute Gasteiger partial charge is 0.262 e. The minimum absolute atomic E-state index is 0.100. The summed E-state index contributed by atoms with van der Waals surface area (Å²) in [5, 5.41) is 12.9. The standard InChI is InChI=1S/C15H19N3O2S/c19-7-6-16-8-12-17-14-13(10-2-1-3-11(10)21-14)15(20)18(12)9-4-5-9/h9,16,19H,1-8H2. The number of hydrogen-bond acceptors (Lipinski definition) is 5. The van der Waals surface area contributed by atoms with Gasteiger partial charge < -0.3 is 10.4 Å². The summed E-state index contributed by atoms with van der Waals surface area (Å²) in [5.74, 6) is 0.823. The average Bonchev–Trinajstić information content (AvgIpc) is 3.08. The maximum absolute atomic E-state index is 12.9. The summed E-state index contributed by atoms with van der Waals surface area (Å²) in [6.07, 6.45) is 5.44. The van der Waals surface area contributed by atoms with Crippen molar-refractivity contribution in [2.75, 3.05) is 13.2 Å². The predicted octanol–water partition coefficient (Wildman–Crippen LogP) is 1.36. The molecule has 0 spiro atoms. The highest BCUT2D eigenvalue weighted by Crippen LogP contribution is 2.38. The summed E-state index contributed by atoms with van der Waals surface area (Å²) in [6.45, 7) is 1.17. The summed E-state index contributed by atoms with van der Waals surface area (Å²) in [6, 6.07) is 0.331. The van der Waals surface area contributed by atoms with Gasteiger partial charge in [0.05, 0.1) is 18.5 Å². The van der Waals surface area contributed by atoms with Crippen molar-refractivity contribution >= 4 is 21.6 Å². The Morgan fingerprint density at radius 1 is 1.38 bits per heavy atom. The molecule has 0 aromatic carbocycles. The molecule has 112 valence electrons. The zero-order valence-electron chi connectivity index (χ0n) is 11.9. The molecule has 2 aliphatic carbocycles. The van der Waals surface area contributed by atoms with E-state index < -0.39 is 0 Å². The van der Waals surface area contributed by atoms with Crippen molar-refractivity contribution in [3.05, 3.63) is 26.6 Å². The molecule has 21 heavy (non-hydrogen) atoms. The summed E-state index contributed by atoms with van der Waals surface area (Å²) in [4.78, 5) is 20.0. The molecule has 0 bridgehead atoms. The van der Waals surface area contributed by atoms with Crippen LogP contribution in [0.3, 0.4) is 0 Å². The first-order valence-electron chi connectivity index (χ1n) is 7.67. The van der Waals surface area contributed by atoms with Crippen molar-refractivity contribution < 1.29 is 5.11 Å². The van der Waals surface area contributed by atoms with Gasteiger partial charge in [0.25, 0.3) is 5.56 Å². The van der Waals surface area contributed by atoms with Crippen LogP contribution in [0, 0.1) is 0 Å². The number of fused-ring (bicyclic) bond motifs is 3. The third kappa shape index (κ3) is 2.22. The first kappa shape index (κ1) is 13.4. The third-order valence-electron chi connectivity index (χ3n) is 4.33. The van der Waals surface area contributed by atoms with Crippen LogP contribution < -0.4 is 10.9 Å². The van der Waals surface area contributed by atoms with E-state index in [0.29, 0.717) is 19.1 Å². The van der Waals surface area contributed by atoms with Crippen molar-refractivity contribution in [2.24, 2.45) is 0 Å². The monoisotopic (exact) mass is 305 g/mol. The molecule has 0 saturated heterocycles. The fraction of sp³-hybridized carbons (Fsp3) is 0.600. The van der Waals surface area contributed by atoms with Gasteiger partial charge in [0.15, 0.2) is 0 Å². The number of aliphatic hydroxyl groups excluding tert-OH is 1. The van der Waals surface area contributed by atoms with Crippen molar-refractivity contribution in [2.45, 2.75) is 44.7 Å². The number of nitrogens with one attached hydrogen (secondary N) is 1. The topological polar surface area (TPSA) is 67.2 Å². The van der Waals surface area contributed by atoms with Crippen LogP contribution in [0.25, 0.3) is 10.2 Å². The molecular formula is C15H19N3O2S. The first-order chi connectivity index (χ1) is 10.3. The van der Waals surface area contributed by atoms with Gasteiger partial charge in [-0.3, -0.25) is 9.36 Å². The number of thiophene rings is 1. The van der Waals surface area contributed by atoms with Gasteiger partial charge in [0.1, 0.15) is 10.7 Å². The molecule has 2 N–H and O–H groups in total. The maximum atomic E-state index is 12.9. The van der Waals surface area contributed by atoms with Crippen LogP contribution >= 0.6 is 11.3 Å². The van der Waals surface area contributed by atoms with E-state index in [1.54, 1.807) is 11.3 Å². The minimum Gasteiger partial charge on any atom is -0.395 e. The molecule has 2 aliphatic rings. The van der Waals surface area contributed by atoms with E-state index >= 15 is 0 Å². The molecule has 0 atom stereocenters. The molecule has 1 fully saturated rings. The van der Waals surface area contributed by atoms with E-state index in [-0.39, 0.29) is 12.2 Å².